The molecule has 0 bridgehead atoms. The number of carboxylic acids is 1. The van der Waals surface area contributed by atoms with Gasteiger partial charge in [0.15, 0.2) is 5.75 Å². The van der Waals surface area contributed by atoms with Crippen LogP contribution in [0, 0.1) is 0 Å². The second-order valence-electron chi connectivity index (χ2n) is 3.07. The highest BCUT2D eigenvalue weighted by molar-refractivity contribution is 5.92. The molecule has 0 radical (unpaired) electrons. The van der Waals surface area contributed by atoms with Crippen LogP contribution < -0.4 is 9.47 Å². The smallest absolute Gasteiger partial charge is 0.480 e. The van der Waals surface area contributed by atoms with E-state index in [0.717, 1.165) is 7.11 Å². The van der Waals surface area contributed by atoms with Gasteiger partial charge in [0.05, 0.1) is 18.9 Å². The Balaban J connectivity index is 3.49. The van der Waals surface area contributed by atoms with Crippen LogP contribution in [0.25, 0.3) is 0 Å². The van der Waals surface area contributed by atoms with E-state index in [1.807, 2.05) is 0 Å². The summed E-state index contributed by atoms with van der Waals surface area (Å²) in [4.78, 5) is 14.0. The summed E-state index contributed by atoms with van der Waals surface area (Å²) in [6.45, 7) is 0. The van der Waals surface area contributed by atoms with Gasteiger partial charge >= 0.3 is 12.3 Å². The number of pyridine rings is 1. The second-order valence-corrected chi connectivity index (χ2v) is 3.07. The van der Waals surface area contributed by atoms with Crippen molar-refractivity contribution in [2.24, 2.45) is 0 Å². The van der Waals surface area contributed by atoms with Crippen LogP contribution >= 0.6 is 0 Å². The topological polar surface area (TPSA) is 68.7 Å². The lowest BCUT2D eigenvalue weighted by molar-refractivity contribution is -0.275. The van der Waals surface area contributed by atoms with Crippen molar-refractivity contribution in [2.75, 3.05) is 7.11 Å². The Kier molecular flexibility index (Phi) is 4.12. The molecule has 1 heterocycles. The minimum Gasteiger partial charge on any atom is -0.480 e. The molecule has 5 nitrogen and oxygen atoms in total. The number of alkyl halides is 5. The van der Waals surface area contributed by atoms with Crippen molar-refractivity contribution >= 4 is 5.97 Å². The number of rotatable bonds is 4. The van der Waals surface area contributed by atoms with Crippen molar-refractivity contribution in [3.63, 3.8) is 0 Å². The first-order chi connectivity index (χ1) is 8.67. The van der Waals surface area contributed by atoms with Crippen LogP contribution in [0.15, 0.2) is 6.20 Å². The van der Waals surface area contributed by atoms with Gasteiger partial charge in [-0.15, -0.1) is 13.2 Å². The molecular formula is C9H6F5NO4. The van der Waals surface area contributed by atoms with Gasteiger partial charge in [0.25, 0.3) is 6.43 Å². The molecule has 0 aliphatic carbocycles. The number of methoxy groups -OCH3 is 1. The number of carboxylic acid groups (broad SMARTS) is 1. The van der Waals surface area contributed by atoms with E-state index in [1.54, 1.807) is 0 Å². The molecule has 0 aromatic carbocycles. The molecule has 1 N–H and O–H groups in total. The summed E-state index contributed by atoms with van der Waals surface area (Å²) in [6.07, 6.45) is -8.45. The van der Waals surface area contributed by atoms with Crippen LogP contribution in [0.3, 0.4) is 0 Å². The van der Waals surface area contributed by atoms with Gasteiger partial charge < -0.3 is 14.6 Å². The maximum atomic E-state index is 12.7. The van der Waals surface area contributed by atoms with Gasteiger partial charge in [-0.05, 0) is 0 Å². The summed E-state index contributed by atoms with van der Waals surface area (Å²) in [6, 6.07) is 0. The number of hydrogen-bond donors (Lipinski definition) is 1. The van der Waals surface area contributed by atoms with Crippen molar-refractivity contribution < 1.29 is 41.3 Å². The normalized spacial score (nSPS) is 11.5. The monoisotopic (exact) mass is 287 g/mol. The molecule has 0 aliphatic heterocycles. The summed E-state index contributed by atoms with van der Waals surface area (Å²) in [7, 11) is 0.939. The fourth-order valence-electron chi connectivity index (χ4n) is 1.27. The third-order valence-electron chi connectivity index (χ3n) is 1.90. The minimum absolute atomic E-state index is 0.320. The molecule has 0 aliphatic rings. The van der Waals surface area contributed by atoms with Crippen LogP contribution in [0.4, 0.5) is 22.0 Å². The van der Waals surface area contributed by atoms with Crippen molar-refractivity contribution in [2.45, 2.75) is 12.8 Å². The van der Waals surface area contributed by atoms with Gasteiger partial charge in [-0.2, -0.15) is 0 Å². The van der Waals surface area contributed by atoms with Crippen LogP contribution in [-0.4, -0.2) is 29.5 Å². The predicted octanol–water partition coefficient (Wildman–Crippen LogP) is 2.62. The molecule has 0 atom stereocenters. The van der Waals surface area contributed by atoms with Gasteiger partial charge in [0.1, 0.15) is 5.56 Å². The van der Waals surface area contributed by atoms with E-state index in [1.165, 1.54) is 0 Å². The Morgan fingerprint density at radius 1 is 1.42 bits per heavy atom. The molecule has 1 aromatic rings. The van der Waals surface area contributed by atoms with Gasteiger partial charge in [0, 0.05) is 0 Å². The fraction of sp³-hybridized carbons (Fsp3) is 0.333. The van der Waals surface area contributed by atoms with E-state index in [4.69, 9.17) is 5.11 Å². The third kappa shape index (κ3) is 3.42. The Labute approximate surface area is 102 Å². The van der Waals surface area contributed by atoms with Crippen molar-refractivity contribution in [1.29, 1.82) is 0 Å². The zero-order chi connectivity index (χ0) is 14.8. The number of ether oxygens (including phenoxy) is 2. The van der Waals surface area contributed by atoms with E-state index in [9.17, 15) is 26.7 Å². The SMILES string of the molecule is COc1ncc(OC(F)(F)F)c(C(F)F)c1C(=O)O. The number of aromatic carboxylic acids is 1. The van der Waals surface area contributed by atoms with E-state index in [-0.39, 0.29) is 0 Å². The van der Waals surface area contributed by atoms with E-state index in [2.05, 4.69) is 14.5 Å². The summed E-state index contributed by atoms with van der Waals surface area (Å²) in [5.74, 6) is -4.04. The molecule has 0 unspecified atom stereocenters. The average molecular weight is 287 g/mol. The van der Waals surface area contributed by atoms with E-state index >= 15 is 0 Å². The van der Waals surface area contributed by atoms with Gasteiger partial charge in [-0.3, -0.25) is 0 Å². The van der Waals surface area contributed by atoms with Crippen molar-refractivity contribution in [1.82, 2.24) is 4.98 Å². The predicted molar refractivity (Wildman–Crippen MR) is 49.4 cm³/mol. The first-order valence-corrected chi connectivity index (χ1v) is 4.51. The number of nitrogens with zero attached hydrogens (tertiary/aromatic N) is 1. The molecule has 0 spiro atoms. The zero-order valence-corrected chi connectivity index (χ0v) is 9.16. The highest BCUT2D eigenvalue weighted by atomic mass is 19.4. The number of carbonyl (C=O) groups is 1. The molecular weight excluding hydrogens is 281 g/mol. The van der Waals surface area contributed by atoms with Crippen LogP contribution in [0.5, 0.6) is 11.6 Å². The van der Waals surface area contributed by atoms with Crippen molar-refractivity contribution in [3.05, 3.63) is 17.3 Å². The van der Waals surface area contributed by atoms with Crippen LogP contribution in [-0.2, 0) is 0 Å². The number of aromatic nitrogens is 1. The first kappa shape index (κ1) is 14.9. The molecule has 1 rings (SSSR count). The fourth-order valence-corrected chi connectivity index (χ4v) is 1.27. The maximum Gasteiger partial charge on any atom is 0.573 e. The molecule has 0 amide bonds. The summed E-state index contributed by atoms with van der Waals surface area (Å²) in [5, 5.41) is 8.76. The first-order valence-electron chi connectivity index (χ1n) is 4.51. The molecule has 106 valence electrons. The summed E-state index contributed by atoms with van der Waals surface area (Å²) < 4.78 is 69.3. The van der Waals surface area contributed by atoms with Gasteiger partial charge in [0.2, 0.25) is 5.88 Å². The third-order valence-corrected chi connectivity index (χ3v) is 1.90. The molecule has 1 aromatic heterocycles. The van der Waals surface area contributed by atoms with E-state index < -0.39 is 41.5 Å². The van der Waals surface area contributed by atoms with Crippen LogP contribution in [0.2, 0.25) is 0 Å². The Morgan fingerprint density at radius 2 is 2.00 bits per heavy atom. The Morgan fingerprint density at radius 3 is 2.37 bits per heavy atom. The maximum absolute atomic E-state index is 12.7. The average Bonchev–Trinajstić information content (AvgIpc) is 2.25. The summed E-state index contributed by atoms with van der Waals surface area (Å²) in [5.41, 5.74) is -2.63. The highest BCUT2D eigenvalue weighted by Gasteiger charge is 2.36. The quantitative estimate of drug-likeness (QED) is 0.862. The lowest BCUT2D eigenvalue weighted by Crippen LogP contribution is -2.20. The lowest BCUT2D eigenvalue weighted by atomic mass is 10.1. The second kappa shape index (κ2) is 5.24. The largest absolute Gasteiger partial charge is 0.573 e. The molecule has 0 saturated heterocycles. The molecule has 10 heteroatoms. The molecule has 0 fully saturated rings. The molecule has 0 saturated carbocycles. The summed E-state index contributed by atoms with van der Waals surface area (Å²) >= 11 is 0. The number of hydrogen-bond acceptors (Lipinski definition) is 4. The molecule has 19 heavy (non-hydrogen) atoms. The standard InChI is InChI=1S/C9H6F5NO4/c1-18-7-5(8(16)17)4(6(10)11)3(2-15-7)19-9(12,13)14/h2,6H,1H3,(H,16,17). The van der Waals surface area contributed by atoms with Gasteiger partial charge in [-0.1, -0.05) is 0 Å². The minimum atomic E-state index is -5.25. The highest BCUT2D eigenvalue weighted by Crippen LogP contribution is 2.38. The number of halogens is 5. The van der Waals surface area contributed by atoms with E-state index in [0.29, 0.717) is 6.20 Å². The Bertz CT molecular complexity index is 488. The zero-order valence-electron chi connectivity index (χ0n) is 9.16. The van der Waals surface area contributed by atoms with Crippen LogP contribution in [0.1, 0.15) is 22.3 Å². The Hall–Kier alpha value is -2.13. The van der Waals surface area contributed by atoms with Crippen molar-refractivity contribution in [3.8, 4) is 11.6 Å². The lowest BCUT2D eigenvalue weighted by Gasteiger charge is -2.15. The van der Waals surface area contributed by atoms with Gasteiger partial charge in [-0.25, -0.2) is 18.6 Å².